The average Bonchev–Trinajstić information content (AvgIpc) is 2.35. The SMILES string of the molecule is Oc1cccc2nc3cc(C(F)(F)F)ccc3cc12. The first-order valence-corrected chi connectivity index (χ1v) is 5.55. The summed E-state index contributed by atoms with van der Waals surface area (Å²) < 4.78 is 37.9. The molecule has 2 aromatic carbocycles. The van der Waals surface area contributed by atoms with Crippen LogP contribution in [0.5, 0.6) is 5.75 Å². The Balaban J connectivity index is 2.33. The van der Waals surface area contributed by atoms with Gasteiger partial charge in [0.2, 0.25) is 0 Å². The molecule has 19 heavy (non-hydrogen) atoms. The van der Waals surface area contributed by atoms with Gasteiger partial charge in [0, 0.05) is 10.8 Å². The summed E-state index contributed by atoms with van der Waals surface area (Å²) in [6, 6.07) is 9.78. The topological polar surface area (TPSA) is 33.1 Å². The van der Waals surface area contributed by atoms with E-state index in [9.17, 15) is 18.3 Å². The Morgan fingerprint density at radius 2 is 1.74 bits per heavy atom. The molecule has 3 rings (SSSR count). The van der Waals surface area contributed by atoms with Gasteiger partial charge in [0.25, 0.3) is 0 Å². The second-order valence-electron chi connectivity index (χ2n) is 4.24. The molecular weight excluding hydrogens is 255 g/mol. The van der Waals surface area contributed by atoms with Crippen molar-refractivity contribution in [2.45, 2.75) is 6.18 Å². The molecule has 1 N–H and O–H groups in total. The molecule has 0 aliphatic rings. The van der Waals surface area contributed by atoms with Gasteiger partial charge in [-0.25, -0.2) is 4.98 Å². The molecular formula is C14H8F3NO. The summed E-state index contributed by atoms with van der Waals surface area (Å²) in [6.45, 7) is 0. The lowest BCUT2D eigenvalue weighted by Crippen LogP contribution is -2.04. The highest BCUT2D eigenvalue weighted by atomic mass is 19.4. The van der Waals surface area contributed by atoms with E-state index < -0.39 is 11.7 Å². The maximum Gasteiger partial charge on any atom is 0.416 e. The van der Waals surface area contributed by atoms with Gasteiger partial charge in [0.1, 0.15) is 5.75 Å². The number of phenolic OH excluding ortho intramolecular Hbond substituents is 1. The van der Waals surface area contributed by atoms with Crippen molar-refractivity contribution in [2.24, 2.45) is 0 Å². The minimum absolute atomic E-state index is 0.0618. The van der Waals surface area contributed by atoms with Crippen LogP contribution >= 0.6 is 0 Å². The Hall–Kier alpha value is -2.30. The van der Waals surface area contributed by atoms with E-state index >= 15 is 0 Å². The summed E-state index contributed by atoms with van der Waals surface area (Å²) in [5.41, 5.74) is -0.00764. The predicted molar refractivity (Wildman–Crippen MR) is 65.9 cm³/mol. The lowest BCUT2D eigenvalue weighted by molar-refractivity contribution is -0.137. The summed E-state index contributed by atoms with van der Waals surface area (Å²) in [5, 5.41) is 10.8. The molecule has 0 bridgehead atoms. The molecule has 0 amide bonds. The van der Waals surface area contributed by atoms with E-state index in [0.717, 1.165) is 12.1 Å². The Morgan fingerprint density at radius 3 is 2.47 bits per heavy atom. The summed E-state index contributed by atoms with van der Waals surface area (Å²) in [7, 11) is 0. The fraction of sp³-hybridized carbons (Fsp3) is 0.0714. The van der Waals surface area contributed by atoms with Crippen molar-refractivity contribution in [1.29, 1.82) is 0 Å². The average molecular weight is 263 g/mol. The number of alkyl halides is 3. The normalized spacial score (nSPS) is 12.2. The molecule has 0 aliphatic carbocycles. The molecule has 2 nitrogen and oxygen atoms in total. The second-order valence-corrected chi connectivity index (χ2v) is 4.24. The van der Waals surface area contributed by atoms with Crippen LogP contribution in [0.15, 0.2) is 42.5 Å². The first kappa shape index (κ1) is 11.8. The smallest absolute Gasteiger partial charge is 0.416 e. The van der Waals surface area contributed by atoms with E-state index in [1.165, 1.54) is 12.1 Å². The molecule has 0 saturated heterocycles. The third-order valence-corrected chi connectivity index (χ3v) is 2.96. The molecule has 0 atom stereocenters. The molecule has 5 heteroatoms. The fourth-order valence-electron chi connectivity index (χ4n) is 2.01. The van der Waals surface area contributed by atoms with E-state index in [-0.39, 0.29) is 11.3 Å². The van der Waals surface area contributed by atoms with Crippen LogP contribution in [0.2, 0.25) is 0 Å². The Morgan fingerprint density at radius 1 is 0.947 bits per heavy atom. The van der Waals surface area contributed by atoms with Gasteiger partial charge in [-0.3, -0.25) is 0 Å². The van der Waals surface area contributed by atoms with Crippen LogP contribution < -0.4 is 0 Å². The van der Waals surface area contributed by atoms with E-state index in [2.05, 4.69) is 4.98 Å². The Labute approximate surface area is 106 Å². The minimum Gasteiger partial charge on any atom is -0.507 e. The van der Waals surface area contributed by atoms with Crippen molar-refractivity contribution < 1.29 is 18.3 Å². The van der Waals surface area contributed by atoms with Crippen LogP contribution in [-0.4, -0.2) is 10.1 Å². The molecule has 1 heterocycles. The standard InChI is InChI=1S/C14H8F3NO/c15-14(16,17)9-5-4-8-6-10-11(18-12(8)7-9)2-1-3-13(10)19/h1-7,19H. The van der Waals surface area contributed by atoms with Gasteiger partial charge in [-0.2, -0.15) is 13.2 Å². The van der Waals surface area contributed by atoms with E-state index in [0.29, 0.717) is 16.3 Å². The van der Waals surface area contributed by atoms with E-state index in [1.807, 2.05) is 0 Å². The van der Waals surface area contributed by atoms with Crippen LogP contribution in [0.1, 0.15) is 5.56 Å². The highest BCUT2D eigenvalue weighted by Gasteiger charge is 2.30. The van der Waals surface area contributed by atoms with E-state index in [1.54, 1.807) is 18.2 Å². The first-order chi connectivity index (χ1) is 8.95. The van der Waals surface area contributed by atoms with Gasteiger partial charge in [0.15, 0.2) is 0 Å². The maximum atomic E-state index is 12.6. The highest BCUT2D eigenvalue weighted by Crippen LogP contribution is 2.32. The molecule has 0 radical (unpaired) electrons. The number of pyridine rings is 1. The van der Waals surface area contributed by atoms with Crippen LogP contribution in [0.25, 0.3) is 21.8 Å². The quantitative estimate of drug-likeness (QED) is 0.619. The number of hydrogen-bond acceptors (Lipinski definition) is 2. The summed E-state index contributed by atoms with van der Waals surface area (Å²) >= 11 is 0. The molecule has 96 valence electrons. The van der Waals surface area contributed by atoms with Crippen LogP contribution in [-0.2, 0) is 6.18 Å². The fourth-order valence-corrected chi connectivity index (χ4v) is 2.01. The van der Waals surface area contributed by atoms with Crippen LogP contribution in [0, 0.1) is 0 Å². The lowest BCUT2D eigenvalue weighted by Gasteiger charge is -2.08. The van der Waals surface area contributed by atoms with Gasteiger partial charge in [-0.1, -0.05) is 12.1 Å². The molecule has 0 saturated carbocycles. The van der Waals surface area contributed by atoms with Gasteiger partial charge in [-0.05, 0) is 30.3 Å². The molecule has 0 aliphatic heterocycles. The number of fused-ring (bicyclic) bond motifs is 2. The van der Waals surface area contributed by atoms with Crippen molar-refractivity contribution in [3.63, 3.8) is 0 Å². The molecule has 0 fully saturated rings. The van der Waals surface area contributed by atoms with Crippen molar-refractivity contribution in [3.8, 4) is 5.75 Å². The monoisotopic (exact) mass is 263 g/mol. The third kappa shape index (κ3) is 1.97. The molecule has 0 unspecified atom stereocenters. The number of aromatic nitrogens is 1. The van der Waals surface area contributed by atoms with Gasteiger partial charge >= 0.3 is 6.18 Å². The minimum atomic E-state index is -4.39. The maximum absolute atomic E-state index is 12.6. The predicted octanol–water partition coefficient (Wildman–Crippen LogP) is 4.11. The first-order valence-electron chi connectivity index (χ1n) is 5.55. The summed E-state index contributed by atoms with van der Waals surface area (Å²) in [4.78, 5) is 4.15. The number of benzene rings is 2. The van der Waals surface area contributed by atoms with Crippen LogP contribution in [0.3, 0.4) is 0 Å². The zero-order chi connectivity index (χ0) is 13.6. The molecule has 1 aromatic heterocycles. The summed E-state index contributed by atoms with van der Waals surface area (Å²) in [5.74, 6) is 0.0618. The zero-order valence-electron chi connectivity index (χ0n) is 9.57. The van der Waals surface area contributed by atoms with E-state index in [4.69, 9.17) is 0 Å². The second kappa shape index (κ2) is 3.85. The molecule has 0 spiro atoms. The highest BCUT2D eigenvalue weighted by molar-refractivity contribution is 5.95. The summed E-state index contributed by atoms with van der Waals surface area (Å²) in [6.07, 6.45) is -4.39. The Bertz CT molecular complexity index is 781. The van der Waals surface area contributed by atoms with Gasteiger partial charge in [0.05, 0.1) is 16.6 Å². The van der Waals surface area contributed by atoms with Crippen molar-refractivity contribution in [1.82, 2.24) is 4.98 Å². The zero-order valence-corrected chi connectivity index (χ0v) is 9.57. The lowest BCUT2D eigenvalue weighted by atomic mass is 10.1. The third-order valence-electron chi connectivity index (χ3n) is 2.96. The molecule has 3 aromatic rings. The van der Waals surface area contributed by atoms with Crippen LogP contribution in [0.4, 0.5) is 13.2 Å². The largest absolute Gasteiger partial charge is 0.507 e. The van der Waals surface area contributed by atoms with Gasteiger partial charge in [-0.15, -0.1) is 0 Å². The number of phenols is 1. The number of rotatable bonds is 0. The Kier molecular flexibility index (Phi) is 2.38. The number of halogens is 3. The number of aromatic hydroxyl groups is 1. The number of nitrogens with zero attached hydrogens (tertiary/aromatic N) is 1. The van der Waals surface area contributed by atoms with Crippen molar-refractivity contribution in [2.75, 3.05) is 0 Å². The number of hydrogen-bond donors (Lipinski definition) is 1. The van der Waals surface area contributed by atoms with Gasteiger partial charge < -0.3 is 5.11 Å². The van der Waals surface area contributed by atoms with Crippen molar-refractivity contribution >= 4 is 21.8 Å². The van der Waals surface area contributed by atoms with Crippen molar-refractivity contribution in [3.05, 3.63) is 48.0 Å².